The largest absolute Gasteiger partial charge is 0.406 e. The monoisotopic (exact) mass is 214 g/mol. The van der Waals surface area contributed by atoms with Gasteiger partial charge in [-0.15, -0.1) is 0 Å². The van der Waals surface area contributed by atoms with Gasteiger partial charge in [-0.25, -0.2) is 0 Å². The van der Waals surface area contributed by atoms with E-state index in [1.165, 1.54) is 7.11 Å². The Bertz CT molecular complexity index is 192. The van der Waals surface area contributed by atoms with Gasteiger partial charge in [-0.2, -0.15) is 13.2 Å². The van der Waals surface area contributed by atoms with Crippen LogP contribution in [0, 0.1) is 0 Å². The average Bonchev–Trinajstić information content (AvgIpc) is 2.03. The summed E-state index contributed by atoms with van der Waals surface area (Å²) >= 11 is 0. The third-order valence-corrected chi connectivity index (χ3v) is 1.57. The van der Waals surface area contributed by atoms with Gasteiger partial charge in [0.25, 0.3) is 5.91 Å². The zero-order chi connectivity index (χ0) is 11.4. The van der Waals surface area contributed by atoms with Crippen LogP contribution in [0.15, 0.2) is 0 Å². The molecule has 0 aliphatic rings. The lowest BCUT2D eigenvalue weighted by atomic mass is 10.3. The molecule has 14 heavy (non-hydrogen) atoms. The molecule has 1 unspecified atom stereocenters. The van der Waals surface area contributed by atoms with Crippen molar-refractivity contribution in [3.63, 3.8) is 0 Å². The molecule has 0 bridgehead atoms. The molecule has 4 nitrogen and oxygen atoms in total. The first-order chi connectivity index (χ1) is 6.31. The summed E-state index contributed by atoms with van der Waals surface area (Å²) in [5, 5.41) is 0. The predicted octanol–water partition coefficient (Wildman–Crippen LogP) is -0.0192. The third kappa shape index (κ3) is 4.43. The van der Waals surface area contributed by atoms with E-state index < -0.39 is 24.7 Å². The number of alkyl halides is 3. The van der Waals surface area contributed by atoms with Crippen molar-refractivity contribution in [1.29, 1.82) is 0 Å². The van der Waals surface area contributed by atoms with Crippen molar-refractivity contribution in [2.24, 2.45) is 5.73 Å². The average molecular weight is 214 g/mol. The maximum absolute atomic E-state index is 11.9. The lowest BCUT2D eigenvalue weighted by molar-refractivity contribution is -0.164. The lowest BCUT2D eigenvalue weighted by Crippen LogP contribution is -2.45. The van der Waals surface area contributed by atoms with Crippen LogP contribution in [0.3, 0.4) is 0 Å². The van der Waals surface area contributed by atoms with E-state index in [-0.39, 0.29) is 6.54 Å². The number of rotatable bonds is 4. The lowest BCUT2D eigenvalue weighted by Gasteiger charge is -2.22. The zero-order valence-corrected chi connectivity index (χ0v) is 7.97. The van der Waals surface area contributed by atoms with Gasteiger partial charge in [0, 0.05) is 20.7 Å². The Kier molecular flexibility index (Phi) is 4.86. The van der Waals surface area contributed by atoms with E-state index in [2.05, 4.69) is 4.74 Å². The zero-order valence-electron chi connectivity index (χ0n) is 7.97. The molecule has 1 atom stereocenters. The second-order valence-corrected chi connectivity index (χ2v) is 2.77. The number of carbonyl (C=O) groups excluding carboxylic acids is 1. The molecular weight excluding hydrogens is 201 g/mol. The third-order valence-electron chi connectivity index (χ3n) is 1.57. The van der Waals surface area contributed by atoms with Crippen molar-refractivity contribution in [1.82, 2.24) is 4.90 Å². The highest BCUT2D eigenvalue weighted by atomic mass is 19.4. The summed E-state index contributed by atoms with van der Waals surface area (Å²) in [6.45, 7) is -1.44. The molecule has 0 aromatic heterocycles. The smallest absolute Gasteiger partial charge is 0.370 e. The van der Waals surface area contributed by atoms with Gasteiger partial charge in [0.15, 0.2) is 0 Å². The summed E-state index contributed by atoms with van der Waals surface area (Å²) in [6.07, 6.45) is -5.42. The van der Waals surface area contributed by atoms with E-state index in [0.29, 0.717) is 4.90 Å². The highest BCUT2D eigenvalue weighted by Gasteiger charge is 2.33. The Morgan fingerprint density at radius 1 is 1.57 bits per heavy atom. The van der Waals surface area contributed by atoms with Gasteiger partial charge in [0.2, 0.25) is 0 Å². The van der Waals surface area contributed by atoms with Gasteiger partial charge < -0.3 is 15.4 Å². The molecule has 0 aromatic rings. The number of likely N-dealkylation sites (N-methyl/N-ethyl adjacent to an activating group) is 1. The van der Waals surface area contributed by atoms with Crippen molar-refractivity contribution in [3.8, 4) is 0 Å². The first-order valence-corrected chi connectivity index (χ1v) is 3.86. The van der Waals surface area contributed by atoms with Crippen molar-refractivity contribution in [2.75, 3.05) is 27.2 Å². The molecule has 0 aliphatic heterocycles. The number of hydrogen-bond donors (Lipinski definition) is 1. The van der Waals surface area contributed by atoms with Gasteiger partial charge in [0.1, 0.15) is 12.6 Å². The molecule has 0 saturated carbocycles. The van der Waals surface area contributed by atoms with Crippen LogP contribution in [0.4, 0.5) is 13.2 Å². The Hall–Kier alpha value is -0.820. The molecule has 84 valence electrons. The van der Waals surface area contributed by atoms with Gasteiger partial charge in [0.05, 0.1) is 0 Å². The van der Waals surface area contributed by atoms with Crippen molar-refractivity contribution < 1.29 is 22.7 Å². The SMILES string of the molecule is COC(CN)C(=O)N(C)CC(F)(F)F. The second-order valence-electron chi connectivity index (χ2n) is 2.77. The van der Waals surface area contributed by atoms with Crippen LogP contribution >= 0.6 is 0 Å². The minimum atomic E-state index is -4.41. The Labute approximate surface area is 79.8 Å². The van der Waals surface area contributed by atoms with Gasteiger partial charge in [-0.3, -0.25) is 4.79 Å². The van der Waals surface area contributed by atoms with Crippen LogP contribution in [-0.2, 0) is 9.53 Å². The molecule has 0 aliphatic carbocycles. The number of nitrogens with zero attached hydrogens (tertiary/aromatic N) is 1. The van der Waals surface area contributed by atoms with E-state index in [1.54, 1.807) is 0 Å². The number of hydrogen-bond acceptors (Lipinski definition) is 3. The van der Waals surface area contributed by atoms with E-state index in [1.807, 2.05) is 0 Å². The van der Waals surface area contributed by atoms with Crippen LogP contribution in [-0.4, -0.2) is 50.3 Å². The van der Waals surface area contributed by atoms with E-state index in [9.17, 15) is 18.0 Å². The minimum Gasteiger partial charge on any atom is -0.370 e. The Balaban J connectivity index is 4.24. The van der Waals surface area contributed by atoms with E-state index in [0.717, 1.165) is 7.05 Å². The molecule has 0 heterocycles. The number of nitrogens with two attached hydrogens (primary N) is 1. The molecule has 0 radical (unpaired) electrons. The number of amides is 1. The normalized spacial score (nSPS) is 13.9. The summed E-state index contributed by atoms with van der Waals surface area (Å²) in [7, 11) is 2.27. The Morgan fingerprint density at radius 2 is 2.07 bits per heavy atom. The van der Waals surface area contributed by atoms with Crippen LogP contribution in [0.25, 0.3) is 0 Å². The van der Waals surface area contributed by atoms with Gasteiger partial charge in [-0.1, -0.05) is 0 Å². The maximum Gasteiger partial charge on any atom is 0.406 e. The van der Waals surface area contributed by atoms with Crippen LogP contribution in [0.1, 0.15) is 0 Å². The van der Waals surface area contributed by atoms with Crippen LogP contribution in [0.2, 0.25) is 0 Å². The fourth-order valence-corrected chi connectivity index (χ4v) is 0.891. The minimum absolute atomic E-state index is 0.141. The predicted molar refractivity (Wildman–Crippen MR) is 43.5 cm³/mol. The molecular formula is C7H13F3N2O2. The number of halogens is 3. The number of ether oxygens (including phenoxy) is 1. The summed E-state index contributed by atoms with van der Waals surface area (Å²) < 4.78 is 40.2. The topological polar surface area (TPSA) is 55.6 Å². The van der Waals surface area contributed by atoms with Gasteiger partial charge in [-0.05, 0) is 0 Å². The molecule has 1 amide bonds. The second kappa shape index (κ2) is 5.16. The molecule has 0 aromatic carbocycles. The molecule has 0 spiro atoms. The Morgan fingerprint density at radius 3 is 2.36 bits per heavy atom. The standard InChI is InChI=1S/C7H13F3N2O2/c1-12(4-7(8,9)10)6(13)5(3-11)14-2/h5H,3-4,11H2,1-2H3. The van der Waals surface area contributed by atoms with Crippen LogP contribution in [0.5, 0.6) is 0 Å². The van der Waals surface area contributed by atoms with Crippen molar-refractivity contribution in [2.45, 2.75) is 12.3 Å². The molecule has 0 fully saturated rings. The highest BCUT2D eigenvalue weighted by Crippen LogP contribution is 2.16. The fourth-order valence-electron chi connectivity index (χ4n) is 0.891. The number of methoxy groups -OCH3 is 1. The molecule has 0 saturated heterocycles. The summed E-state index contributed by atoms with van der Waals surface area (Å²) in [4.78, 5) is 11.7. The van der Waals surface area contributed by atoms with E-state index in [4.69, 9.17) is 5.73 Å². The van der Waals surface area contributed by atoms with Crippen molar-refractivity contribution >= 4 is 5.91 Å². The summed E-state index contributed by atoms with van der Waals surface area (Å²) in [5.74, 6) is -0.771. The van der Waals surface area contributed by atoms with Crippen molar-refractivity contribution in [3.05, 3.63) is 0 Å². The molecule has 2 N–H and O–H groups in total. The molecule has 7 heteroatoms. The maximum atomic E-state index is 11.9. The highest BCUT2D eigenvalue weighted by molar-refractivity contribution is 5.80. The van der Waals surface area contributed by atoms with Crippen LogP contribution < -0.4 is 5.73 Å². The summed E-state index contributed by atoms with van der Waals surface area (Å²) in [5.41, 5.74) is 5.13. The van der Waals surface area contributed by atoms with E-state index >= 15 is 0 Å². The first-order valence-electron chi connectivity index (χ1n) is 3.86. The summed E-state index contributed by atoms with van der Waals surface area (Å²) in [6, 6.07) is 0. The molecule has 0 rings (SSSR count). The quantitative estimate of drug-likeness (QED) is 0.715. The van der Waals surface area contributed by atoms with Gasteiger partial charge >= 0.3 is 6.18 Å². The first kappa shape index (κ1) is 13.2. The fraction of sp³-hybridized carbons (Fsp3) is 0.857. The number of carbonyl (C=O) groups is 1.